The van der Waals surface area contributed by atoms with Crippen molar-refractivity contribution in [2.75, 3.05) is 5.33 Å². The molecule has 6 heteroatoms. The van der Waals surface area contributed by atoms with Crippen LogP contribution in [0.25, 0.3) is 0 Å². The summed E-state index contributed by atoms with van der Waals surface area (Å²) < 4.78 is 0.290. The fourth-order valence-electron chi connectivity index (χ4n) is 1.64. The Balaban J connectivity index is 3.55. The highest BCUT2D eigenvalue weighted by molar-refractivity contribution is 9.25. The third-order valence-corrected chi connectivity index (χ3v) is 10.6. The number of alkyl halides is 6. The second kappa shape index (κ2) is 13.5. The summed E-state index contributed by atoms with van der Waals surface area (Å²) in [5, 5.41) is 1.15. The van der Waals surface area contributed by atoms with Gasteiger partial charge in [0.2, 0.25) is 0 Å². The van der Waals surface area contributed by atoms with E-state index < -0.39 is 0 Å². The van der Waals surface area contributed by atoms with Gasteiger partial charge in [0.05, 0.1) is 8.56 Å². The summed E-state index contributed by atoms with van der Waals surface area (Å²) in [4.78, 5) is 1.32. The molecule has 0 aromatic rings. The molecule has 3 unspecified atom stereocenters. The van der Waals surface area contributed by atoms with Gasteiger partial charge < -0.3 is 0 Å². The maximum Gasteiger partial charge on any atom is 0.0833 e. The molecule has 0 aliphatic heterocycles. The molecule has 3 atom stereocenters. The van der Waals surface area contributed by atoms with Crippen LogP contribution in [-0.4, -0.2) is 23.5 Å². The first-order valence-corrected chi connectivity index (χ1v) is 12.0. The fourth-order valence-corrected chi connectivity index (χ4v) is 5.51. The Morgan fingerprint density at radius 1 is 0.611 bits per heavy atom. The Hall–Kier alpha value is 2.88. The molecule has 0 aromatic heterocycles. The SMILES string of the molecule is BrCCCCCCCCC(Br)C(Br)C(Br)C(Br)Br. The maximum atomic E-state index is 3.78. The third kappa shape index (κ3) is 10.6. The zero-order valence-corrected chi connectivity index (χ0v) is 19.8. The topological polar surface area (TPSA) is 0 Å². The molecule has 0 aliphatic carbocycles. The second-order valence-electron chi connectivity index (χ2n) is 4.34. The lowest BCUT2D eigenvalue weighted by Gasteiger charge is -2.23. The minimum atomic E-state index is 0.290. The first-order valence-electron chi connectivity index (χ1n) is 6.27. The molecule has 0 saturated heterocycles. The van der Waals surface area contributed by atoms with Gasteiger partial charge in [0.25, 0.3) is 0 Å². The van der Waals surface area contributed by atoms with Gasteiger partial charge in [-0.3, -0.25) is 0 Å². The van der Waals surface area contributed by atoms with Crippen molar-refractivity contribution in [2.45, 2.75) is 63.2 Å². The zero-order chi connectivity index (χ0) is 14.0. The van der Waals surface area contributed by atoms with E-state index in [-0.39, 0.29) is 0 Å². The van der Waals surface area contributed by atoms with E-state index in [1.165, 1.54) is 44.9 Å². The maximum absolute atomic E-state index is 3.78. The third-order valence-electron chi connectivity index (χ3n) is 2.75. The van der Waals surface area contributed by atoms with E-state index in [1.807, 2.05) is 0 Å². The van der Waals surface area contributed by atoms with E-state index in [2.05, 4.69) is 95.6 Å². The fraction of sp³-hybridized carbons (Fsp3) is 1.00. The standard InChI is InChI=1S/C12H20Br6/c13-8-6-4-2-1-3-5-7-9(14)10(15)11(16)12(17)18/h9-12H,1-8H2. The van der Waals surface area contributed by atoms with Gasteiger partial charge in [-0.05, 0) is 12.8 Å². The van der Waals surface area contributed by atoms with Crippen LogP contribution in [0.4, 0.5) is 0 Å². The molecule has 0 spiro atoms. The highest BCUT2D eigenvalue weighted by Gasteiger charge is 2.27. The number of rotatable bonds is 11. The van der Waals surface area contributed by atoms with Gasteiger partial charge in [0.1, 0.15) is 0 Å². The van der Waals surface area contributed by atoms with Crippen molar-refractivity contribution < 1.29 is 0 Å². The van der Waals surface area contributed by atoms with Crippen molar-refractivity contribution in [3.63, 3.8) is 0 Å². The molecule has 0 nitrogen and oxygen atoms in total. The molecule has 110 valence electrons. The smallest absolute Gasteiger partial charge is 0.0833 e. The molecular weight excluding hydrogens is 624 g/mol. The molecule has 0 aliphatic rings. The number of hydrogen-bond donors (Lipinski definition) is 0. The van der Waals surface area contributed by atoms with E-state index in [1.54, 1.807) is 0 Å². The molecule has 0 saturated carbocycles. The molecule has 0 aromatic carbocycles. The summed E-state index contributed by atoms with van der Waals surface area (Å²) in [7, 11) is 0. The molecule has 0 radical (unpaired) electrons. The van der Waals surface area contributed by atoms with E-state index in [9.17, 15) is 0 Å². The summed E-state index contributed by atoms with van der Waals surface area (Å²) in [5.41, 5.74) is 0. The Kier molecular flexibility index (Phi) is 15.7. The Bertz CT molecular complexity index is 187. The molecular formula is C12H20Br6. The predicted octanol–water partition coefficient (Wildman–Crippen LogP) is 7.52. The van der Waals surface area contributed by atoms with E-state index in [0.717, 1.165) is 5.33 Å². The van der Waals surface area contributed by atoms with Crippen LogP contribution >= 0.6 is 95.6 Å². The van der Waals surface area contributed by atoms with Crippen molar-refractivity contribution >= 4 is 95.6 Å². The van der Waals surface area contributed by atoms with E-state index in [0.29, 0.717) is 18.2 Å². The lowest BCUT2D eigenvalue weighted by atomic mass is 10.1. The average molecular weight is 644 g/mol. The highest BCUT2D eigenvalue weighted by Crippen LogP contribution is 2.33. The molecule has 0 heterocycles. The Morgan fingerprint density at radius 2 is 1.11 bits per heavy atom. The van der Waals surface area contributed by atoms with Crippen molar-refractivity contribution in [1.82, 2.24) is 0 Å². The minimum absolute atomic E-state index is 0.290. The van der Waals surface area contributed by atoms with Gasteiger partial charge in [-0.1, -0.05) is 128 Å². The monoisotopic (exact) mass is 638 g/mol. The largest absolute Gasteiger partial charge is 0.0928 e. The normalized spacial score (nSPS) is 16.8. The van der Waals surface area contributed by atoms with Crippen LogP contribution in [0.5, 0.6) is 0 Å². The van der Waals surface area contributed by atoms with Gasteiger partial charge in [-0.2, -0.15) is 0 Å². The van der Waals surface area contributed by atoms with Gasteiger partial charge in [-0.25, -0.2) is 0 Å². The lowest BCUT2D eigenvalue weighted by Crippen LogP contribution is -2.28. The van der Waals surface area contributed by atoms with Crippen LogP contribution in [0.15, 0.2) is 0 Å². The second-order valence-corrected chi connectivity index (χ2v) is 11.6. The molecule has 0 fully saturated rings. The summed E-state index contributed by atoms with van der Waals surface area (Å²) in [6, 6.07) is 0. The number of unbranched alkanes of at least 4 members (excludes halogenated alkanes) is 5. The zero-order valence-electron chi connectivity index (χ0n) is 10.2. The lowest BCUT2D eigenvalue weighted by molar-refractivity contribution is 0.580. The van der Waals surface area contributed by atoms with Crippen LogP contribution < -0.4 is 0 Å². The van der Waals surface area contributed by atoms with Crippen molar-refractivity contribution in [3.05, 3.63) is 0 Å². The molecule has 0 N–H and O–H groups in total. The molecule has 18 heavy (non-hydrogen) atoms. The predicted molar refractivity (Wildman–Crippen MR) is 106 cm³/mol. The van der Waals surface area contributed by atoms with Gasteiger partial charge in [-0.15, -0.1) is 0 Å². The Morgan fingerprint density at radius 3 is 1.61 bits per heavy atom. The molecule has 0 bridgehead atoms. The summed E-state index contributed by atoms with van der Waals surface area (Å²) in [6.07, 6.45) is 9.31. The van der Waals surface area contributed by atoms with E-state index in [4.69, 9.17) is 0 Å². The quantitative estimate of drug-likeness (QED) is 0.162. The van der Waals surface area contributed by atoms with Crippen LogP contribution in [0.2, 0.25) is 0 Å². The van der Waals surface area contributed by atoms with Gasteiger partial charge >= 0.3 is 0 Å². The van der Waals surface area contributed by atoms with Crippen LogP contribution in [0.1, 0.15) is 44.9 Å². The van der Waals surface area contributed by atoms with Crippen molar-refractivity contribution in [1.29, 1.82) is 0 Å². The first-order chi connectivity index (χ1) is 8.50. The molecule has 0 amide bonds. The summed E-state index contributed by atoms with van der Waals surface area (Å²) >= 11 is 21.8. The molecule has 0 rings (SSSR count). The average Bonchev–Trinajstić information content (AvgIpc) is 2.35. The van der Waals surface area contributed by atoms with Crippen molar-refractivity contribution in [2.24, 2.45) is 0 Å². The number of halogens is 6. The van der Waals surface area contributed by atoms with Gasteiger partial charge in [0, 0.05) is 15.0 Å². The number of hydrogen-bond acceptors (Lipinski definition) is 0. The highest BCUT2D eigenvalue weighted by atomic mass is 79.9. The summed E-state index contributed by atoms with van der Waals surface area (Å²) in [5.74, 6) is 0. The van der Waals surface area contributed by atoms with E-state index >= 15 is 0 Å². The summed E-state index contributed by atoms with van der Waals surface area (Å²) in [6.45, 7) is 0. The van der Waals surface area contributed by atoms with Crippen LogP contribution in [0.3, 0.4) is 0 Å². The van der Waals surface area contributed by atoms with Crippen molar-refractivity contribution in [3.8, 4) is 0 Å². The van der Waals surface area contributed by atoms with Gasteiger partial charge in [0.15, 0.2) is 0 Å². The Labute approximate surface area is 162 Å². The first kappa shape index (κ1) is 20.9. The van der Waals surface area contributed by atoms with Crippen LogP contribution in [-0.2, 0) is 0 Å². The van der Waals surface area contributed by atoms with Crippen LogP contribution in [0, 0.1) is 0 Å². The minimum Gasteiger partial charge on any atom is -0.0928 e.